The van der Waals surface area contributed by atoms with E-state index in [1.54, 1.807) is 18.2 Å². The Morgan fingerprint density at radius 1 is 0.902 bits per heavy atom. The molecule has 3 aliphatic rings. The zero-order valence-corrected chi connectivity index (χ0v) is 23.6. The molecular weight excluding hydrogens is 528 g/mol. The molecular formula is C30H37F2N7O2. The van der Waals surface area contributed by atoms with Gasteiger partial charge in [0.1, 0.15) is 29.5 Å². The molecule has 0 spiro atoms. The Morgan fingerprint density at radius 3 is 2.39 bits per heavy atom. The van der Waals surface area contributed by atoms with E-state index in [0.717, 1.165) is 75.3 Å². The van der Waals surface area contributed by atoms with Gasteiger partial charge < -0.3 is 19.9 Å². The van der Waals surface area contributed by atoms with Gasteiger partial charge in [0.05, 0.1) is 25.4 Å². The number of benzene rings is 2. The summed E-state index contributed by atoms with van der Waals surface area (Å²) in [6.07, 6.45) is 4.33. The minimum atomic E-state index is -0.617. The van der Waals surface area contributed by atoms with Crippen LogP contribution in [0.2, 0.25) is 0 Å². The second-order valence-corrected chi connectivity index (χ2v) is 11.0. The molecule has 4 heterocycles. The van der Waals surface area contributed by atoms with Crippen LogP contribution in [-0.4, -0.2) is 85.8 Å². The first-order valence-corrected chi connectivity index (χ1v) is 14.3. The first-order chi connectivity index (χ1) is 20.0. The van der Waals surface area contributed by atoms with Gasteiger partial charge in [-0.2, -0.15) is 0 Å². The third-order valence-electron chi connectivity index (χ3n) is 8.36. The fraction of sp³-hybridized carbons (Fsp3) is 0.467. The number of hydroxylamine groups is 1. The van der Waals surface area contributed by atoms with Crippen molar-refractivity contribution in [2.24, 2.45) is 0 Å². The van der Waals surface area contributed by atoms with Crippen molar-refractivity contribution in [2.75, 3.05) is 75.3 Å². The summed E-state index contributed by atoms with van der Waals surface area (Å²) in [5.41, 5.74) is 2.42. The average molecular weight is 566 g/mol. The van der Waals surface area contributed by atoms with Gasteiger partial charge in [-0.05, 0) is 49.7 Å². The fourth-order valence-corrected chi connectivity index (χ4v) is 6.12. The van der Waals surface area contributed by atoms with Crippen molar-refractivity contribution in [3.8, 4) is 5.75 Å². The van der Waals surface area contributed by atoms with Crippen molar-refractivity contribution in [3.63, 3.8) is 0 Å². The van der Waals surface area contributed by atoms with Crippen LogP contribution in [0.5, 0.6) is 5.75 Å². The highest BCUT2D eigenvalue weighted by Crippen LogP contribution is 2.37. The lowest BCUT2D eigenvalue weighted by atomic mass is 10.0. The minimum Gasteiger partial charge on any atom is -0.495 e. The molecule has 0 radical (unpaired) electrons. The number of ether oxygens (including phenoxy) is 1. The Labute approximate surface area is 239 Å². The zero-order chi connectivity index (χ0) is 28.3. The van der Waals surface area contributed by atoms with Gasteiger partial charge in [0.2, 0.25) is 0 Å². The largest absolute Gasteiger partial charge is 0.495 e. The molecule has 0 saturated carbocycles. The van der Waals surface area contributed by atoms with E-state index >= 15 is 0 Å². The van der Waals surface area contributed by atoms with Crippen LogP contribution >= 0.6 is 0 Å². The number of piperazine rings is 1. The molecule has 11 heteroatoms. The van der Waals surface area contributed by atoms with Crippen molar-refractivity contribution in [1.82, 2.24) is 19.8 Å². The van der Waals surface area contributed by atoms with Crippen LogP contribution in [0, 0.1) is 11.6 Å². The number of nitrogens with zero attached hydrogens (tertiary/aromatic N) is 6. The summed E-state index contributed by atoms with van der Waals surface area (Å²) >= 11 is 0. The zero-order valence-electron chi connectivity index (χ0n) is 23.6. The number of nitrogens with one attached hydrogen (secondary N) is 1. The SMILES string of the molecule is COc1cc(Nc2cc(N3OCC[C@@H]3c3cc(F)cc(F)c3)ncn2)ccc1N1CCC(N2CCN(C)CC2)CC1. The normalized spacial score (nSPS) is 20.9. The van der Waals surface area contributed by atoms with Crippen LogP contribution in [0.1, 0.15) is 30.9 Å². The molecule has 0 aliphatic carbocycles. The lowest BCUT2D eigenvalue weighted by molar-refractivity contribution is 0.0981. The maximum absolute atomic E-state index is 13.9. The standard InChI is InChI=1S/C30H37F2N7O2/c1-36-10-12-37(13-11-36)25-5-8-38(9-6-25)27-4-3-24(18-28(27)40-2)35-29-19-30(34-20-33-29)39-26(7-14-41-39)21-15-22(31)17-23(32)16-21/h3-4,15-20,25-26H,5-14H2,1-2H3,(H,33,34,35)/t26-/m1/s1. The number of piperidine rings is 1. The maximum atomic E-state index is 13.9. The van der Waals surface area contributed by atoms with E-state index in [2.05, 4.69) is 43.1 Å². The Hall–Kier alpha value is -3.54. The van der Waals surface area contributed by atoms with Crippen molar-refractivity contribution in [2.45, 2.75) is 31.3 Å². The van der Waals surface area contributed by atoms with Crippen LogP contribution < -0.4 is 20.0 Å². The van der Waals surface area contributed by atoms with Crippen LogP contribution in [-0.2, 0) is 4.84 Å². The van der Waals surface area contributed by atoms with E-state index in [1.165, 1.54) is 18.5 Å². The van der Waals surface area contributed by atoms with Gasteiger partial charge in [-0.3, -0.25) is 9.74 Å². The van der Waals surface area contributed by atoms with Crippen LogP contribution in [0.15, 0.2) is 48.8 Å². The number of rotatable bonds is 7. The van der Waals surface area contributed by atoms with E-state index in [9.17, 15) is 8.78 Å². The molecule has 1 atom stereocenters. The first-order valence-electron chi connectivity index (χ1n) is 14.3. The van der Waals surface area contributed by atoms with E-state index in [-0.39, 0.29) is 6.04 Å². The predicted molar refractivity (Wildman–Crippen MR) is 155 cm³/mol. The highest BCUT2D eigenvalue weighted by molar-refractivity contribution is 5.69. The van der Waals surface area contributed by atoms with Crippen LogP contribution in [0.3, 0.4) is 0 Å². The molecule has 218 valence electrons. The smallest absolute Gasteiger partial charge is 0.158 e. The summed E-state index contributed by atoms with van der Waals surface area (Å²) in [7, 11) is 3.90. The number of likely N-dealkylation sites (N-methyl/N-ethyl adjacent to an activating group) is 1. The summed E-state index contributed by atoms with van der Waals surface area (Å²) in [6.45, 7) is 7.03. The molecule has 0 amide bonds. The first kappa shape index (κ1) is 27.6. The van der Waals surface area contributed by atoms with Gasteiger partial charge >= 0.3 is 0 Å². The van der Waals surface area contributed by atoms with E-state index in [4.69, 9.17) is 9.57 Å². The minimum absolute atomic E-state index is 0.359. The summed E-state index contributed by atoms with van der Waals surface area (Å²) in [6, 6.07) is 11.7. The van der Waals surface area contributed by atoms with Gasteiger partial charge in [-0.15, -0.1) is 0 Å². The average Bonchev–Trinajstić information content (AvgIpc) is 3.48. The number of hydrogen-bond donors (Lipinski definition) is 1. The van der Waals surface area contributed by atoms with Gasteiger partial charge in [-0.25, -0.2) is 23.8 Å². The highest BCUT2D eigenvalue weighted by atomic mass is 19.1. The number of anilines is 4. The van der Waals surface area contributed by atoms with Gasteiger partial charge in [0.25, 0.3) is 0 Å². The van der Waals surface area contributed by atoms with Crippen molar-refractivity contribution in [1.29, 1.82) is 0 Å². The van der Waals surface area contributed by atoms with Crippen molar-refractivity contribution >= 4 is 23.0 Å². The molecule has 3 saturated heterocycles. The second kappa shape index (κ2) is 12.1. The molecule has 41 heavy (non-hydrogen) atoms. The summed E-state index contributed by atoms with van der Waals surface area (Å²) in [5.74, 6) is 0.639. The molecule has 0 bridgehead atoms. The van der Waals surface area contributed by atoms with Crippen molar-refractivity contribution in [3.05, 3.63) is 66.0 Å². The monoisotopic (exact) mass is 565 g/mol. The molecule has 9 nitrogen and oxygen atoms in total. The molecule has 3 fully saturated rings. The topological polar surface area (TPSA) is 69.2 Å². The van der Waals surface area contributed by atoms with Gasteiger partial charge in [0, 0.05) is 75.6 Å². The Morgan fingerprint density at radius 2 is 1.66 bits per heavy atom. The summed E-state index contributed by atoms with van der Waals surface area (Å²) < 4.78 is 33.6. The molecule has 1 N–H and O–H groups in total. The molecule has 1 aromatic heterocycles. The summed E-state index contributed by atoms with van der Waals surface area (Å²) in [4.78, 5) is 22.0. The Bertz CT molecular complexity index is 1330. The van der Waals surface area contributed by atoms with E-state index in [0.29, 0.717) is 36.3 Å². The predicted octanol–water partition coefficient (Wildman–Crippen LogP) is 4.61. The molecule has 0 unspecified atom stereocenters. The third kappa shape index (κ3) is 6.22. The number of aromatic nitrogens is 2. The lowest BCUT2D eigenvalue weighted by Gasteiger charge is -2.42. The molecule has 6 rings (SSSR count). The third-order valence-corrected chi connectivity index (χ3v) is 8.36. The van der Waals surface area contributed by atoms with Crippen LogP contribution in [0.25, 0.3) is 0 Å². The highest BCUT2D eigenvalue weighted by Gasteiger charge is 2.30. The Balaban J connectivity index is 1.12. The molecule has 2 aromatic carbocycles. The quantitative estimate of drug-likeness (QED) is 0.443. The molecule has 3 aliphatic heterocycles. The van der Waals surface area contributed by atoms with E-state index < -0.39 is 11.6 Å². The van der Waals surface area contributed by atoms with Gasteiger partial charge in [0.15, 0.2) is 5.82 Å². The Kier molecular flexibility index (Phi) is 8.18. The number of methoxy groups -OCH3 is 1. The lowest BCUT2D eigenvalue weighted by Crippen LogP contribution is -2.52. The fourth-order valence-electron chi connectivity index (χ4n) is 6.12. The number of hydrogen-bond acceptors (Lipinski definition) is 9. The maximum Gasteiger partial charge on any atom is 0.158 e. The second-order valence-electron chi connectivity index (χ2n) is 11.0. The van der Waals surface area contributed by atoms with Crippen molar-refractivity contribution < 1.29 is 18.4 Å². The summed E-state index contributed by atoms with van der Waals surface area (Å²) in [5, 5.41) is 4.93. The number of halogens is 2. The van der Waals surface area contributed by atoms with E-state index in [1.807, 2.05) is 12.1 Å². The van der Waals surface area contributed by atoms with Gasteiger partial charge in [-0.1, -0.05) is 0 Å². The molecule has 3 aromatic rings. The van der Waals surface area contributed by atoms with Crippen LogP contribution in [0.4, 0.5) is 31.8 Å².